The number of benzene rings is 2. The van der Waals surface area contributed by atoms with Gasteiger partial charge in [0, 0.05) is 34.8 Å². The average molecular weight is 409 g/mol. The Morgan fingerprint density at radius 1 is 1.17 bits per heavy atom. The predicted octanol–water partition coefficient (Wildman–Crippen LogP) is 4.92. The van der Waals surface area contributed by atoms with Crippen molar-refractivity contribution in [2.75, 3.05) is 13.2 Å². The number of carbonyl (C=O) groups excluding carboxylic acids is 1. The number of nitrogens with zero attached hydrogens (tertiary/aromatic N) is 1. The zero-order valence-electron chi connectivity index (χ0n) is 13.3. The van der Waals surface area contributed by atoms with Crippen LogP contribution >= 0.6 is 27.5 Å². The fraction of sp³-hybridized carbons (Fsp3) is 0.316. The van der Waals surface area contributed by atoms with Gasteiger partial charge in [0.2, 0.25) is 0 Å². The SMILES string of the molecule is O=C(c1ccc(Br)cc1)N(Cc1ccc(Cl)cc1)C[C@H]1CCCO1. The second-order valence-corrected chi connectivity index (χ2v) is 7.31. The van der Waals surface area contributed by atoms with Gasteiger partial charge < -0.3 is 9.64 Å². The summed E-state index contributed by atoms with van der Waals surface area (Å²) in [5.41, 5.74) is 1.74. The van der Waals surface area contributed by atoms with Crippen molar-refractivity contribution in [3.63, 3.8) is 0 Å². The molecule has 3 nitrogen and oxygen atoms in total. The van der Waals surface area contributed by atoms with E-state index in [9.17, 15) is 4.79 Å². The van der Waals surface area contributed by atoms with Crippen LogP contribution in [0.25, 0.3) is 0 Å². The molecule has 1 saturated heterocycles. The number of ether oxygens (including phenoxy) is 1. The second kappa shape index (κ2) is 8.15. The lowest BCUT2D eigenvalue weighted by Gasteiger charge is -2.26. The summed E-state index contributed by atoms with van der Waals surface area (Å²) in [6.45, 7) is 1.94. The van der Waals surface area contributed by atoms with E-state index in [0.29, 0.717) is 23.7 Å². The minimum atomic E-state index is 0.0213. The van der Waals surface area contributed by atoms with Crippen molar-refractivity contribution >= 4 is 33.4 Å². The molecule has 24 heavy (non-hydrogen) atoms. The summed E-state index contributed by atoms with van der Waals surface area (Å²) in [7, 11) is 0. The monoisotopic (exact) mass is 407 g/mol. The van der Waals surface area contributed by atoms with Gasteiger partial charge in [0.1, 0.15) is 0 Å². The molecule has 1 aliphatic rings. The highest BCUT2D eigenvalue weighted by atomic mass is 79.9. The third-order valence-corrected chi connectivity index (χ3v) is 4.89. The van der Waals surface area contributed by atoms with Crippen LogP contribution in [0.1, 0.15) is 28.8 Å². The first-order chi connectivity index (χ1) is 11.6. The van der Waals surface area contributed by atoms with Crippen LogP contribution in [-0.2, 0) is 11.3 Å². The number of rotatable bonds is 5. The molecule has 2 aromatic carbocycles. The molecule has 0 radical (unpaired) electrons. The van der Waals surface area contributed by atoms with Crippen LogP contribution in [0.4, 0.5) is 0 Å². The van der Waals surface area contributed by atoms with E-state index >= 15 is 0 Å². The first-order valence-corrected chi connectivity index (χ1v) is 9.20. The lowest BCUT2D eigenvalue weighted by Crippen LogP contribution is -2.36. The zero-order valence-corrected chi connectivity index (χ0v) is 15.6. The molecular formula is C19H19BrClNO2. The second-order valence-electron chi connectivity index (χ2n) is 5.95. The highest BCUT2D eigenvalue weighted by Crippen LogP contribution is 2.19. The molecule has 1 atom stereocenters. The highest BCUT2D eigenvalue weighted by Gasteiger charge is 2.23. The van der Waals surface area contributed by atoms with Crippen molar-refractivity contribution in [2.24, 2.45) is 0 Å². The van der Waals surface area contributed by atoms with E-state index in [1.807, 2.05) is 53.4 Å². The van der Waals surface area contributed by atoms with E-state index < -0.39 is 0 Å². The van der Waals surface area contributed by atoms with Crippen molar-refractivity contribution in [1.82, 2.24) is 4.90 Å². The number of halogens is 2. The Balaban J connectivity index is 1.78. The quantitative estimate of drug-likeness (QED) is 0.702. The Labute approximate surface area is 155 Å². The van der Waals surface area contributed by atoms with Gasteiger partial charge in [-0.3, -0.25) is 4.79 Å². The van der Waals surface area contributed by atoms with E-state index in [4.69, 9.17) is 16.3 Å². The molecule has 0 aliphatic carbocycles. The van der Waals surface area contributed by atoms with Crippen LogP contribution in [0.15, 0.2) is 53.0 Å². The largest absolute Gasteiger partial charge is 0.376 e. The average Bonchev–Trinajstić information content (AvgIpc) is 3.09. The molecule has 2 aromatic rings. The normalized spacial score (nSPS) is 17.0. The third kappa shape index (κ3) is 4.59. The van der Waals surface area contributed by atoms with E-state index in [1.165, 1.54) is 0 Å². The Kier molecular flexibility index (Phi) is 5.93. The molecule has 0 aromatic heterocycles. The maximum atomic E-state index is 12.9. The van der Waals surface area contributed by atoms with Crippen LogP contribution < -0.4 is 0 Å². The lowest BCUT2D eigenvalue weighted by molar-refractivity contribution is 0.0507. The zero-order chi connectivity index (χ0) is 16.9. The molecule has 5 heteroatoms. The Morgan fingerprint density at radius 3 is 2.50 bits per heavy atom. The Hall–Kier alpha value is -1.36. The first kappa shape index (κ1) is 17.5. The Morgan fingerprint density at radius 2 is 1.88 bits per heavy atom. The minimum Gasteiger partial charge on any atom is -0.376 e. The fourth-order valence-corrected chi connectivity index (χ4v) is 3.23. The summed E-state index contributed by atoms with van der Waals surface area (Å²) in [6, 6.07) is 15.1. The molecule has 0 bridgehead atoms. The molecule has 1 amide bonds. The number of hydrogen-bond acceptors (Lipinski definition) is 2. The molecule has 1 heterocycles. The number of amides is 1. The van der Waals surface area contributed by atoms with Crippen LogP contribution in [0, 0.1) is 0 Å². The van der Waals surface area contributed by atoms with Crippen LogP contribution in [0.3, 0.4) is 0 Å². The van der Waals surface area contributed by atoms with Crippen molar-refractivity contribution in [2.45, 2.75) is 25.5 Å². The molecular weight excluding hydrogens is 390 g/mol. The van der Waals surface area contributed by atoms with Gasteiger partial charge in [-0.25, -0.2) is 0 Å². The van der Waals surface area contributed by atoms with E-state index in [1.54, 1.807) is 0 Å². The van der Waals surface area contributed by atoms with Gasteiger partial charge in [-0.05, 0) is 54.8 Å². The van der Waals surface area contributed by atoms with Gasteiger partial charge in [-0.1, -0.05) is 39.7 Å². The van der Waals surface area contributed by atoms with Crippen LogP contribution in [-0.4, -0.2) is 30.1 Å². The number of hydrogen-bond donors (Lipinski definition) is 0. The van der Waals surface area contributed by atoms with E-state index in [2.05, 4.69) is 15.9 Å². The first-order valence-electron chi connectivity index (χ1n) is 8.03. The van der Waals surface area contributed by atoms with Crippen molar-refractivity contribution in [1.29, 1.82) is 0 Å². The topological polar surface area (TPSA) is 29.5 Å². The third-order valence-electron chi connectivity index (χ3n) is 4.11. The summed E-state index contributed by atoms with van der Waals surface area (Å²) in [4.78, 5) is 14.8. The molecule has 0 unspecified atom stereocenters. The van der Waals surface area contributed by atoms with Gasteiger partial charge in [0.25, 0.3) is 5.91 Å². The molecule has 0 N–H and O–H groups in total. The van der Waals surface area contributed by atoms with Crippen molar-refractivity contribution in [3.05, 3.63) is 69.2 Å². The van der Waals surface area contributed by atoms with Gasteiger partial charge in [-0.15, -0.1) is 0 Å². The summed E-state index contributed by atoms with van der Waals surface area (Å²) in [5, 5.41) is 0.698. The maximum Gasteiger partial charge on any atom is 0.254 e. The highest BCUT2D eigenvalue weighted by molar-refractivity contribution is 9.10. The number of carbonyl (C=O) groups is 1. The molecule has 126 valence electrons. The van der Waals surface area contributed by atoms with Gasteiger partial charge in [0.15, 0.2) is 0 Å². The summed E-state index contributed by atoms with van der Waals surface area (Å²) in [5.74, 6) is 0.0213. The molecule has 0 spiro atoms. The molecule has 3 rings (SSSR count). The summed E-state index contributed by atoms with van der Waals surface area (Å²) >= 11 is 9.36. The van der Waals surface area contributed by atoms with Gasteiger partial charge in [0.05, 0.1) is 6.10 Å². The van der Waals surface area contributed by atoms with Gasteiger partial charge >= 0.3 is 0 Å². The van der Waals surface area contributed by atoms with E-state index in [0.717, 1.165) is 29.5 Å². The summed E-state index contributed by atoms with van der Waals surface area (Å²) in [6.07, 6.45) is 2.19. The molecule has 1 fully saturated rings. The minimum absolute atomic E-state index is 0.0213. The van der Waals surface area contributed by atoms with Gasteiger partial charge in [-0.2, -0.15) is 0 Å². The Bertz CT molecular complexity index is 682. The smallest absolute Gasteiger partial charge is 0.254 e. The van der Waals surface area contributed by atoms with Crippen LogP contribution in [0.5, 0.6) is 0 Å². The predicted molar refractivity (Wildman–Crippen MR) is 99.3 cm³/mol. The standard InChI is InChI=1S/C19H19BrClNO2/c20-16-7-5-15(6-8-16)19(23)22(13-18-2-1-11-24-18)12-14-3-9-17(21)10-4-14/h3-10,18H,1-2,11-13H2/t18-/m1/s1. The summed E-state index contributed by atoms with van der Waals surface area (Å²) < 4.78 is 6.68. The van der Waals surface area contributed by atoms with Crippen LogP contribution in [0.2, 0.25) is 5.02 Å². The molecule has 0 saturated carbocycles. The molecule has 1 aliphatic heterocycles. The lowest BCUT2D eigenvalue weighted by atomic mass is 10.1. The maximum absolute atomic E-state index is 12.9. The van der Waals surface area contributed by atoms with Crippen molar-refractivity contribution < 1.29 is 9.53 Å². The fourth-order valence-electron chi connectivity index (χ4n) is 2.84. The van der Waals surface area contributed by atoms with Crippen molar-refractivity contribution in [3.8, 4) is 0 Å². The van der Waals surface area contributed by atoms with E-state index in [-0.39, 0.29) is 12.0 Å².